The predicted molar refractivity (Wildman–Crippen MR) is 115 cm³/mol. The minimum absolute atomic E-state index is 0.0626. The Morgan fingerprint density at radius 3 is 2.43 bits per heavy atom. The van der Waals surface area contributed by atoms with Crippen LogP contribution in [0.5, 0.6) is 17.2 Å². The van der Waals surface area contributed by atoms with Crippen LogP contribution in [0.25, 0.3) is 0 Å². The van der Waals surface area contributed by atoms with Crippen LogP contribution in [0.15, 0.2) is 66.7 Å². The van der Waals surface area contributed by atoms with Crippen LogP contribution in [0.3, 0.4) is 0 Å². The molecule has 1 aliphatic rings. The predicted octanol–water partition coefficient (Wildman–Crippen LogP) is 4.32. The molecule has 0 spiro atoms. The molecule has 0 radical (unpaired) electrons. The molecule has 0 aromatic heterocycles. The van der Waals surface area contributed by atoms with E-state index in [1.165, 1.54) is 0 Å². The normalized spacial score (nSPS) is 13.0. The molecule has 30 heavy (non-hydrogen) atoms. The number of carbonyl (C=O) groups is 1. The number of fused-ring (bicyclic) bond motifs is 1. The van der Waals surface area contributed by atoms with Crippen molar-refractivity contribution in [3.05, 3.63) is 89.0 Å². The van der Waals surface area contributed by atoms with Crippen molar-refractivity contribution in [3.8, 4) is 17.2 Å². The molecule has 5 heteroatoms. The molecule has 1 amide bonds. The molecule has 1 N–H and O–H groups in total. The first kappa shape index (κ1) is 19.8. The summed E-state index contributed by atoms with van der Waals surface area (Å²) in [6.07, 6.45) is 1.39. The lowest BCUT2D eigenvalue weighted by atomic mass is 9.97. The summed E-state index contributed by atoms with van der Waals surface area (Å²) in [5.74, 6) is 2.26. The van der Waals surface area contributed by atoms with E-state index in [2.05, 4.69) is 5.32 Å². The number of hydrogen-bond acceptors (Lipinski definition) is 4. The fourth-order valence-electron chi connectivity index (χ4n) is 3.66. The molecular weight excluding hydrogens is 378 g/mol. The van der Waals surface area contributed by atoms with E-state index in [9.17, 15) is 4.79 Å². The van der Waals surface area contributed by atoms with Crippen LogP contribution < -0.4 is 19.5 Å². The Kier molecular flexibility index (Phi) is 5.89. The summed E-state index contributed by atoms with van der Waals surface area (Å²) in [7, 11) is 1.65. The maximum absolute atomic E-state index is 13.0. The van der Waals surface area contributed by atoms with Crippen LogP contribution in [-0.4, -0.2) is 25.9 Å². The molecule has 1 heterocycles. The van der Waals surface area contributed by atoms with Gasteiger partial charge < -0.3 is 19.5 Å². The van der Waals surface area contributed by atoms with Gasteiger partial charge in [0.1, 0.15) is 5.75 Å². The second-order valence-electron chi connectivity index (χ2n) is 7.43. The minimum Gasteiger partial charge on any atom is -0.497 e. The van der Waals surface area contributed by atoms with Crippen molar-refractivity contribution in [2.24, 2.45) is 0 Å². The largest absolute Gasteiger partial charge is 0.497 e. The van der Waals surface area contributed by atoms with Crippen LogP contribution >= 0.6 is 0 Å². The van der Waals surface area contributed by atoms with Gasteiger partial charge in [-0.1, -0.05) is 36.4 Å². The van der Waals surface area contributed by atoms with Gasteiger partial charge in [0, 0.05) is 11.6 Å². The van der Waals surface area contributed by atoms with Crippen molar-refractivity contribution in [2.75, 3.05) is 13.9 Å². The van der Waals surface area contributed by atoms with E-state index in [0.29, 0.717) is 18.4 Å². The highest BCUT2D eigenvalue weighted by molar-refractivity contribution is 5.95. The van der Waals surface area contributed by atoms with Crippen LogP contribution in [-0.2, 0) is 12.8 Å². The van der Waals surface area contributed by atoms with E-state index in [-0.39, 0.29) is 18.7 Å². The monoisotopic (exact) mass is 403 g/mol. The molecule has 0 saturated heterocycles. The van der Waals surface area contributed by atoms with Gasteiger partial charge in [-0.05, 0) is 66.8 Å². The number of carbonyl (C=O) groups excluding carboxylic acids is 1. The fourth-order valence-corrected chi connectivity index (χ4v) is 3.66. The topological polar surface area (TPSA) is 56.8 Å². The standard InChI is InChI=1S/C25H25NO4/c1-17-5-3-4-6-22(17)25(27)26-20(13-18-7-10-21(28-2)11-8-18)14-19-9-12-23-24(15-19)30-16-29-23/h3-12,15,20H,13-14,16H2,1-2H3,(H,26,27). The van der Waals surface area contributed by atoms with E-state index in [4.69, 9.17) is 14.2 Å². The summed E-state index contributed by atoms with van der Waals surface area (Å²) >= 11 is 0. The Bertz CT molecular complexity index is 1030. The number of amides is 1. The summed E-state index contributed by atoms with van der Waals surface area (Å²) < 4.78 is 16.2. The lowest BCUT2D eigenvalue weighted by Gasteiger charge is -2.20. The highest BCUT2D eigenvalue weighted by Crippen LogP contribution is 2.33. The van der Waals surface area contributed by atoms with Crippen LogP contribution in [0.2, 0.25) is 0 Å². The molecule has 154 valence electrons. The third kappa shape index (κ3) is 4.57. The summed E-state index contributed by atoms with van der Waals surface area (Å²) in [6.45, 7) is 2.20. The number of ether oxygens (including phenoxy) is 3. The van der Waals surface area contributed by atoms with Gasteiger partial charge in [0.2, 0.25) is 6.79 Å². The first-order valence-corrected chi connectivity index (χ1v) is 10.0. The van der Waals surface area contributed by atoms with Gasteiger partial charge in [-0.3, -0.25) is 4.79 Å². The molecule has 1 atom stereocenters. The molecule has 0 aliphatic carbocycles. The SMILES string of the molecule is COc1ccc(CC(Cc2ccc3c(c2)OCO3)NC(=O)c2ccccc2C)cc1. The van der Waals surface area contributed by atoms with Crippen molar-refractivity contribution in [2.45, 2.75) is 25.8 Å². The highest BCUT2D eigenvalue weighted by atomic mass is 16.7. The van der Waals surface area contributed by atoms with E-state index >= 15 is 0 Å². The quantitative estimate of drug-likeness (QED) is 0.639. The van der Waals surface area contributed by atoms with E-state index in [1.807, 2.05) is 73.7 Å². The van der Waals surface area contributed by atoms with Gasteiger partial charge in [0.15, 0.2) is 11.5 Å². The van der Waals surface area contributed by atoms with Crippen LogP contribution in [0, 0.1) is 6.92 Å². The fraction of sp³-hybridized carbons (Fsp3) is 0.240. The Labute approximate surface area is 176 Å². The second-order valence-corrected chi connectivity index (χ2v) is 7.43. The Balaban J connectivity index is 1.55. The van der Waals surface area contributed by atoms with E-state index < -0.39 is 0 Å². The smallest absolute Gasteiger partial charge is 0.251 e. The first-order chi connectivity index (χ1) is 14.6. The summed E-state index contributed by atoms with van der Waals surface area (Å²) in [4.78, 5) is 13.0. The number of benzene rings is 3. The molecular formula is C25H25NO4. The zero-order valence-electron chi connectivity index (χ0n) is 17.2. The van der Waals surface area contributed by atoms with Crippen molar-refractivity contribution < 1.29 is 19.0 Å². The second kappa shape index (κ2) is 8.91. The molecule has 3 aromatic carbocycles. The van der Waals surface area contributed by atoms with Gasteiger partial charge >= 0.3 is 0 Å². The van der Waals surface area contributed by atoms with Crippen molar-refractivity contribution in [1.82, 2.24) is 5.32 Å². The zero-order chi connectivity index (χ0) is 20.9. The highest BCUT2D eigenvalue weighted by Gasteiger charge is 2.19. The van der Waals surface area contributed by atoms with Gasteiger partial charge in [-0.15, -0.1) is 0 Å². The van der Waals surface area contributed by atoms with Gasteiger partial charge in [-0.25, -0.2) is 0 Å². The number of aryl methyl sites for hydroxylation is 1. The summed E-state index contributed by atoms with van der Waals surface area (Å²) in [5.41, 5.74) is 3.87. The van der Waals surface area contributed by atoms with Crippen molar-refractivity contribution in [3.63, 3.8) is 0 Å². The summed E-state index contributed by atoms with van der Waals surface area (Å²) in [5, 5.41) is 3.23. The minimum atomic E-state index is -0.0779. The third-order valence-corrected chi connectivity index (χ3v) is 5.29. The number of methoxy groups -OCH3 is 1. The molecule has 3 aromatic rings. The van der Waals surface area contributed by atoms with Crippen LogP contribution in [0.1, 0.15) is 27.0 Å². The summed E-state index contributed by atoms with van der Waals surface area (Å²) in [6, 6.07) is 21.4. The Morgan fingerprint density at radius 2 is 1.67 bits per heavy atom. The Morgan fingerprint density at radius 1 is 0.967 bits per heavy atom. The average Bonchev–Trinajstić information content (AvgIpc) is 3.22. The zero-order valence-corrected chi connectivity index (χ0v) is 17.2. The van der Waals surface area contributed by atoms with Crippen LogP contribution in [0.4, 0.5) is 0 Å². The molecule has 0 fully saturated rings. The van der Waals surface area contributed by atoms with Crippen molar-refractivity contribution >= 4 is 5.91 Å². The number of nitrogens with one attached hydrogen (secondary N) is 1. The van der Waals surface area contributed by atoms with Gasteiger partial charge in [0.25, 0.3) is 5.91 Å². The van der Waals surface area contributed by atoms with Crippen molar-refractivity contribution in [1.29, 1.82) is 0 Å². The third-order valence-electron chi connectivity index (χ3n) is 5.29. The molecule has 0 bridgehead atoms. The Hall–Kier alpha value is -3.47. The molecule has 0 saturated carbocycles. The molecule has 4 rings (SSSR count). The van der Waals surface area contributed by atoms with Gasteiger partial charge in [-0.2, -0.15) is 0 Å². The number of hydrogen-bond donors (Lipinski definition) is 1. The lowest BCUT2D eigenvalue weighted by Crippen LogP contribution is -2.38. The molecule has 1 unspecified atom stereocenters. The average molecular weight is 403 g/mol. The molecule has 5 nitrogen and oxygen atoms in total. The molecule has 1 aliphatic heterocycles. The first-order valence-electron chi connectivity index (χ1n) is 10.0. The van der Waals surface area contributed by atoms with E-state index in [0.717, 1.165) is 33.9 Å². The maximum atomic E-state index is 13.0. The lowest BCUT2D eigenvalue weighted by molar-refractivity contribution is 0.0936. The number of rotatable bonds is 7. The maximum Gasteiger partial charge on any atom is 0.251 e. The van der Waals surface area contributed by atoms with Gasteiger partial charge in [0.05, 0.1) is 7.11 Å². The van der Waals surface area contributed by atoms with E-state index in [1.54, 1.807) is 7.11 Å².